The number of aryl methyl sites for hydroxylation is 1. The van der Waals surface area contributed by atoms with Gasteiger partial charge in [0, 0.05) is 5.25 Å². The van der Waals surface area contributed by atoms with Crippen molar-refractivity contribution in [2.75, 3.05) is 0 Å². The van der Waals surface area contributed by atoms with Gasteiger partial charge in [-0.2, -0.15) is 0 Å². The minimum Gasteiger partial charge on any atom is -0.262 e. The fourth-order valence-electron chi connectivity index (χ4n) is 2.06. The third-order valence-corrected chi connectivity index (χ3v) is 4.12. The predicted octanol–water partition coefficient (Wildman–Crippen LogP) is 4.12. The summed E-state index contributed by atoms with van der Waals surface area (Å²) < 4.78 is 0. The van der Waals surface area contributed by atoms with Gasteiger partial charge in [-0.25, -0.2) is 4.98 Å². The van der Waals surface area contributed by atoms with Crippen LogP contribution in [0.25, 0.3) is 10.8 Å². The van der Waals surface area contributed by atoms with E-state index in [4.69, 9.17) is 0 Å². The molecule has 2 aromatic carbocycles. The summed E-state index contributed by atoms with van der Waals surface area (Å²) in [5.74, 6) is 0.855. The zero-order valence-electron chi connectivity index (χ0n) is 10.9. The third-order valence-electron chi connectivity index (χ3n) is 3.10. The molecule has 1 aromatic heterocycles. The van der Waals surface area contributed by atoms with E-state index < -0.39 is 0 Å². The Morgan fingerprint density at radius 1 is 1.11 bits per heavy atom. The first-order valence-electron chi connectivity index (χ1n) is 6.27. The second kappa shape index (κ2) is 5.05. The molecule has 0 saturated heterocycles. The molecule has 0 aliphatic heterocycles. The molecule has 1 atom stereocenters. The molecule has 0 radical (unpaired) electrons. The van der Waals surface area contributed by atoms with Gasteiger partial charge in [0.2, 0.25) is 5.16 Å². The summed E-state index contributed by atoms with van der Waals surface area (Å²) in [6.07, 6.45) is 0. The van der Waals surface area contributed by atoms with Gasteiger partial charge in [-0.3, -0.25) is 5.10 Å². The Balaban J connectivity index is 1.86. The SMILES string of the molecule is Cc1nc(S[C@H](C)c2ccc3ccccc3c2)n[nH]1. The number of aromatic nitrogens is 3. The summed E-state index contributed by atoms with van der Waals surface area (Å²) in [6.45, 7) is 4.10. The number of fused-ring (bicyclic) bond motifs is 1. The van der Waals surface area contributed by atoms with Crippen LogP contribution in [0.5, 0.6) is 0 Å². The minimum atomic E-state index is 0.333. The first-order chi connectivity index (χ1) is 9.22. The normalized spacial score (nSPS) is 12.7. The Labute approximate surface area is 116 Å². The van der Waals surface area contributed by atoms with Crippen LogP contribution in [0.15, 0.2) is 47.6 Å². The largest absolute Gasteiger partial charge is 0.262 e. The summed E-state index contributed by atoms with van der Waals surface area (Å²) >= 11 is 1.67. The second-order valence-electron chi connectivity index (χ2n) is 4.57. The molecule has 0 spiro atoms. The molecule has 3 aromatic rings. The Morgan fingerprint density at radius 3 is 2.63 bits per heavy atom. The van der Waals surface area contributed by atoms with Gasteiger partial charge in [0.1, 0.15) is 5.82 Å². The zero-order chi connectivity index (χ0) is 13.2. The molecule has 0 aliphatic carbocycles. The van der Waals surface area contributed by atoms with Crippen LogP contribution >= 0.6 is 11.8 Å². The number of aromatic amines is 1. The first-order valence-corrected chi connectivity index (χ1v) is 7.15. The van der Waals surface area contributed by atoms with Crippen LogP contribution in [0.1, 0.15) is 23.6 Å². The van der Waals surface area contributed by atoms with E-state index in [9.17, 15) is 0 Å². The van der Waals surface area contributed by atoms with Crippen molar-refractivity contribution in [3.8, 4) is 0 Å². The Hall–Kier alpha value is -1.81. The molecule has 4 heteroatoms. The molecular weight excluding hydrogens is 254 g/mol. The highest BCUT2D eigenvalue weighted by molar-refractivity contribution is 7.99. The van der Waals surface area contributed by atoms with Gasteiger partial charge >= 0.3 is 0 Å². The lowest BCUT2D eigenvalue weighted by Gasteiger charge is -2.10. The van der Waals surface area contributed by atoms with Crippen LogP contribution in [0.3, 0.4) is 0 Å². The van der Waals surface area contributed by atoms with Crippen LogP contribution in [-0.2, 0) is 0 Å². The maximum absolute atomic E-state index is 4.33. The Morgan fingerprint density at radius 2 is 1.89 bits per heavy atom. The number of hydrogen-bond donors (Lipinski definition) is 1. The molecule has 0 saturated carbocycles. The number of hydrogen-bond acceptors (Lipinski definition) is 3. The number of nitrogens with one attached hydrogen (secondary N) is 1. The van der Waals surface area contributed by atoms with Crippen LogP contribution < -0.4 is 0 Å². The average molecular weight is 269 g/mol. The van der Waals surface area contributed by atoms with Crippen molar-refractivity contribution in [2.45, 2.75) is 24.3 Å². The average Bonchev–Trinajstić information content (AvgIpc) is 2.83. The molecule has 96 valence electrons. The summed E-state index contributed by atoms with van der Waals surface area (Å²) in [7, 11) is 0. The standard InChI is InChI=1S/C15H15N3S/c1-10(19-15-16-11(2)17-18-15)13-8-7-12-5-3-4-6-14(12)9-13/h3-10H,1-2H3,(H,16,17,18)/t10-/m1/s1. The lowest BCUT2D eigenvalue weighted by molar-refractivity contribution is 0.958. The maximum Gasteiger partial charge on any atom is 0.209 e. The Kier molecular flexibility index (Phi) is 3.25. The van der Waals surface area contributed by atoms with E-state index in [0.29, 0.717) is 5.25 Å². The molecule has 0 bridgehead atoms. The van der Waals surface area contributed by atoms with Crippen molar-refractivity contribution in [2.24, 2.45) is 0 Å². The fourth-order valence-corrected chi connectivity index (χ4v) is 2.95. The van der Waals surface area contributed by atoms with Crippen LogP contribution in [0, 0.1) is 6.92 Å². The minimum absolute atomic E-state index is 0.333. The van der Waals surface area contributed by atoms with Crippen LogP contribution in [-0.4, -0.2) is 15.2 Å². The van der Waals surface area contributed by atoms with Crippen molar-refractivity contribution in [3.63, 3.8) is 0 Å². The van der Waals surface area contributed by atoms with Crippen molar-refractivity contribution in [1.29, 1.82) is 0 Å². The van der Waals surface area contributed by atoms with Crippen molar-refractivity contribution in [3.05, 3.63) is 53.9 Å². The van der Waals surface area contributed by atoms with Gasteiger partial charge in [0.15, 0.2) is 0 Å². The second-order valence-corrected chi connectivity index (χ2v) is 5.88. The monoisotopic (exact) mass is 269 g/mol. The van der Waals surface area contributed by atoms with E-state index in [-0.39, 0.29) is 0 Å². The molecule has 1 heterocycles. The highest BCUT2D eigenvalue weighted by atomic mass is 32.2. The highest BCUT2D eigenvalue weighted by Gasteiger charge is 2.11. The van der Waals surface area contributed by atoms with Gasteiger partial charge in [-0.15, -0.1) is 5.10 Å². The summed E-state index contributed by atoms with van der Waals surface area (Å²) in [4.78, 5) is 4.33. The van der Waals surface area contributed by atoms with E-state index in [2.05, 4.69) is 64.6 Å². The van der Waals surface area contributed by atoms with Crippen LogP contribution in [0.2, 0.25) is 0 Å². The molecule has 0 aliphatic rings. The smallest absolute Gasteiger partial charge is 0.209 e. The van der Waals surface area contributed by atoms with E-state index in [1.807, 2.05) is 6.92 Å². The molecule has 0 fully saturated rings. The number of H-pyrrole nitrogens is 1. The van der Waals surface area contributed by atoms with E-state index in [0.717, 1.165) is 11.0 Å². The molecule has 3 nitrogen and oxygen atoms in total. The van der Waals surface area contributed by atoms with Gasteiger partial charge in [0.05, 0.1) is 0 Å². The lowest BCUT2D eigenvalue weighted by atomic mass is 10.1. The molecule has 1 N–H and O–H groups in total. The van der Waals surface area contributed by atoms with Crippen molar-refractivity contribution in [1.82, 2.24) is 15.2 Å². The van der Waals surface area contributed by atoms with E-state index in [1.165, 1.54) is 16.3 Å². The first kappa shape index (κ1) is 12.2. The molecular formula is C15H15N3S. The summed E-state index contributed by atoms with van der Waals surface area (Å²) in [6, 6.07) is 15.0. The highest BCUT2D eigenvalue weighted by Crippen LogP contribution is 2.33. The number of benzene rings is 2. The topological polar surface area (TPSA) is 41.6 Å². The number of nitrogens with zero attached hydrogens (tertiary/aromatic N) is 2. The van der Waals surface area contributed by atoms with Crippen LogP contribution in [0.4, 0.5) is 0 Å². The number of rotatable bonds is 3. The van der Waals surface area contributed by atoms with E-state index in [1.54, 1.807) is 11.8 Å². The summed E-state index contributed by atoms with van der Waals surface area (Å²) in [5, 5.41) is 10.7. The quantitative estimate of drug-likeness (QED) is 0.727. The third kappa shape index (κ3) is 2.63. The van der Waals surface area contributed by atoms with Gasteiger partial charge < -0.3 is 0 Å². The molecule has 3 rings (SSSR count). The number of thioether (sulfide) groups is 1. The lowest BCUT2D eigenvalue weighted by Crippen LogP contribution is -1.89. The fraction of sp³-hybridized carbons (Fsp3) is 0.200. The van der Waals surface area contributed by atoms with Gasteiger partial charge in [-0.05, 0) is 30.2 Å². The van der Waals surface area contributed by atoms with Crippen molar-refractivity contribution >= 4 is 22.5 Å². The molecule has 19 heavy (non-hydrogen) atoms. The van der Waals surface area contributed by atoms with Gasteiger partial charge in [0.25, 0.3) is 0 Å². The zero-order valence-corrected chi connectivity index (χ0v) is 11.7. The van der Waals surface area contributed by atoms with Gasteiger partial charge in [-0.1, -0.05) is 54.2 Å². The molecule has 0 unspecified atom stereocenters. The maximum atomic E-state index is 4.33. The summed E-state index contributed by atoms with van der Waals surface area (Å²) in [5.41, 5.74) is 1.30. The predicted molar refractivity (Wildman–Crippen MR) is 79.3 cm³/mol. The van der Waals surface area contributed by atoms with Crippen molar-refractivity contribution < 1.29 is 0 Å². The Bertz CT molecular complexity index is 705. The molecule has 0 amide bonds. The van der Waals surface area contributed by atoms with E-state index >= 15 is 0 Å².